The van der Waals surface area contributed by atoms with Crippen LogP contribution in [-0.2, 0) is 6.54 Å². The lowest BCUT2D eigenvalue weighted by Crippen LogP contribution is -2.11. The Bertz CT molecular complexity index is 467. The van der Waals surface area contributed by atoms with Crippen LogP contribution in [0.3, 0.4) is 0 Å². The van der Waals surface area contributed by atoms with E-state index in [1.54, 1.807) is 6.07 Å². The minimum absolute atomic E-state index is 0.500. The maximum Gasteiger partial charge on any atom is 0.131 e. The number of anilines is 1. The lowest BCUT2D eigenvalue weighted by molar-refractivity contribution is 0.637. The van der Waals surface area contributed by atoms with Crippen molar-refractivity contribution in [2.24, 2.45) is 0 Å². The molecule has 0 bridgehead atoms. The maximum atomic E-state index is 5.78. The summed E-state index contributed by atoms with van der Waals surface area (Å²) in [6, 6.07) is 5.51. The van der Waals surface area contributed by atoms with E-state index in [2.05, 4.69) is 15.4 Å². The van der Waals surface area contributed by atoms with E-state index in [-0.39, 0.29) is 0 Å². The minimum Gasteiger partial charge on any atom is -0.368 e. The first-order valence-corrected chi connectivity index (χ1v) is 5.47. The van der Waals surface area contributed by atoms with Crippen molar-refractivity contribution in [1.29, 1.82) is 0 Å². The highest BCUT2D eigenvalue weighted by Gasteiger charge is 1.96. The molecule has 5 heteroatoms. The third-order valence-electron chi connectivity index (χ3n) is 2.12. The lowest BCUT2D eigenvalue weighted by Gasteiger charge is -2.05. The highest BCUT2D eigenvalue weighted by Crippen LogP contribution is 2.08. The third kappa shape index (κ3) is 2.97. The Balaban J connectivity index is 1.84. The van der Waals surface area contributed by atoms with E-state index in [1.807, 2.05) is 36.1 Å². The van der Waals surface area contributed by atoms with Gasteiger partial charge in [0.25, 0.3) is 0 Å². The molecule has 4 nitrogen and oxygen atoms in total. The summed E-state index contributed by atoms with van der Waals surface area (Å²) in [6.45, 7) is 3.60. The SMILES string of the molecule is Cc1cnn(CCNc2cccc(Cl)n2)c1. The first-order chi connectivity index (χ1) is 7.74. The standard InChI is InChI=1S/C11H13ClN4/c1-9-7-14-16(8-9)6-5-13-11-4-2-3-10(12)15-11/h2-4,7-8H,5-6H2,1H3,(H,13,15). The summed E-state index contributed by atoms with van der Waals surface area (Å²) < 4.78 is 1.90. The van der Waals surface area contributed by atoms with Gasteiger partial charge in [-0.3, -0.25) is 4.68 Å². The molecule has 0 saturated heterocycles. The molecule has 2 aromatic heterocycles. The van der Waals surface area contributed by atoms with Gasteiger partial charge >= 0.3 is 0 Å². The Kier molecular flexibility index (Phi) is 3.41. The number of pyridine rings is 1. The number of aryl methyl sites for hydroxylation is 1. The molecule has 0 amide bonds. The van der Waals surface area contributed by atoms with Gasteiger partial charge in [-0.2, -0.15) is 5.10 Å². The van der Waals surface area contributed by atoms with Crippen LogP contribution in [0.5, 0.6) is 0 Å². The summed E-state index contributed by atoms with van der Waals surface area (Å²) in [7, 11) is 0. The molecule has 0 aliphatic rings. The third-order valence-corrected chi connectivity index (χ3v) is 2.33. The Morgan fingerprint density at radius 2 is 2.31 bits per heavy atom. The molecule has 2 rings (SSSR count). The van der Waals surface area contributed by atoms with E-state index in [0.29, 0.717) is 5.15 Å². The number of hydrogen-bond donors (Lipinski definition) is 1. The molecule has 0 spiro atoms. The molecule has 2 aromatic rings. The number of rotatable bonds is 4. The number of nitrogens with zero attached hydrogens (tertiary/aromatic N) is 3. The van der Waals surface area contributed by atoms with Gasteiger partial charge in [0.15, 0.2) is 0 Å². The second kappa shape index (κ2) is 4.99. The molecule has 2 heterocycles. The fraction of sp³-hybridized carbons (Fsp3) is 0.273. The van der Waals surface area contributed by atoms with E-state index in [9.17, 15) is 0 Å². The summed E-state index contributed by atoms with van der Waals surface area (Å²) >= 11 is 5.78. The number of aromatic nitrogens is 3. The maximum absolute atomic E-state index is 5.78. The lowest BCUT2D eigenvalue weighted by atomic mass is 10.4. The van der Waals surface area contributed by atoms with Crippen LogP contribution in [0, 0.1) is 6.92 Å². The van der Waals surface area contributed by atoms with Crippen molar-refractivity contribution in [2.45, 2.75) is 13.5 Å². The van der Waals surface area contributed by atoms with Crippen LogP contribution in [0.25, 0.3) is 0 Å². The smallest absolute Gasteiger partial charge is 0.131 e. The van der Waals surface area contributed by atoms with Crippen molar-refractivity contribution in [3.8, 4) is 0 Å². The Labute approximate surface area is 99.3 Å². The van der Waals surface area contributed by atoms with Gasteiger partial charge in [-0.15, -0.1) is 0 Å². The molecule has 0 radical (unpaired) electrons. The minimum atomic E-state index is 0.500. The fourth-order valence-corrected chi connectivity index (χ4v) is 1.56. The van der Waals surface area contributed by atoms with Gasteiger partial charge < -0.3 is 5.32 Å². The van der Waals surface area contributed by atoms with E-state index in [4.69, 9.17) is 11.6 Å². The Hall–Kier alpha value is -1.55. The van der Waals surface area contributed by atoms with E-state index in [0.717, 1.165) is 18.9 Å². The van der Waals surface area contributed by atoms with Crippen molar-refractivity contribution in [2.75, 3.05) is 11.9 Å². The van der Waals surface area contributed by atoms with Gasteiger partial charge in [0.05, 0.1) is 12.7 Å². The summed E-state index contributed by atoms with van der Waals surface area (Å²) in [5, 5.41) is 7.88. The van der Waals surface area contributed by atoms with Crippen LogP contribution < -0.4 is 5.32 Å². The summed E-state index contributed by atoms with van der Waals surface area (Å²) in [4.78, 5) is 4.13. The Morgan fingerprint density at radius 1 is 1.44 bits per heavy atom. The molecule has 0 aliphatic heterocycles. The molecule has 1 N–H and O–H groups in total. The summed E-state index contributed by atoms with van der Waals surface area (Å²) in [5.74, 6) is 0.788. The van der Waals surface area contributed by atoms with Crippen LogP contribution in [0.2, 0.25) is 5.15 Å². The topological polar surface area (TPSA) is 42.7 Å². The molecule has 0 unspecified atom stereocenters. The number of nitrogens with one attached hydrogen (secondary N) is 1. The first kappa shape index (κ1) is 11.0. The van der Waals surface area contributed by atoms with E-state index < -0.39 is 0 Å². The second-order valence-electron chi connectivity index (χ2n) is 3.55. The zero-order valence-electron chi connectivity index (χ0n) is 9.02. The second-order valence-corrected chi connectivity index (χ2v) is 3.94. The molecule has 16 heavy (non-hydrogen) atoms. The fourth-order valence-electron chi connectivity index (χ4n) is 1.39. The molecular weight excluding hydrogens is 224 g/mol. The van der Waals surface area contributed by atoms with E-state index in [1.165, 1.54) is 5.56 Å². The summed E-state index contributed by atoms with van der Waals surface area (Å²) in [5.41, 5.74) is 1.17. The van der Waals surface area contributed by atoms with Crippen LogP contribution in [0.15, 0.2) is 30.6 Å². The average molecular weight is 237 g/mol. The Morgan fingerprint density at radius 3 is 3.00 bits per heavy atom. The van der Waals surface area contributed by atoms with Crippen LogP contribution in [-0.4, -0.2) is 21.3 Å². The molecule has 0 fully saturated rings. The quantitative estimate of drug-likeness (QED) is 0.829. The van der Waals surface area contributed by atoms with Crippen molar-refractivity contribution in [3.63, 3.8) is 0 Å². The largest absolute Gasteiger partial charge is 0.368 e. The molecular formula is C11H13ClN4. The van der Waals surface area contributed by atoms with E-state index >= 15 is 0 Å². The van der Waals surface area contributed by atoms with Gasteiger partial charge in [0.1, 0.15) is 11.0 Å². The van der Waals surface area contributed by atoms with Crippen LogP contribution in [0.4, 0.5) is 5.82 Å². The van der Waals surface area contributed by atoms with Gasteiger partial charge in [-0.05, 0) is 24.6 Å². The zero-order chi connectivity index (χ0) is 11.4. The van der Waals surface area contributed by atoms with Crippen molar-refractivity contribution < 1.29 is 0 Å². The normalized spacial score (nSPS) is 10.4. The highest BCUT2D eigenvalue weighted by molar-refractivity contribution is 6.29. The monoisotopic (exact) mass is 236 g/mol. The molecule has 0 aromatic carbocycles. The van der Waals surface area contributed by atoms with Crippen molar-refractivity contribution >= 4 is 17.4 Å². The van der Waals surface area contributed by atoms with Gasteiger partial charge in [0, 0.05) is 12.7 Å². The van der Waals surface area contributed by atoms with Gasteiger partial charge in [-0.25, -0.2) is 4.98 Å². The predicted octanol–water partition coefficient (Wildman–Crippen LogP) is 2.35. The number of halogens is 1. The van der Waals surface area contributed by atoms with Gasteiger partial charge in [-0.1, -0.05) is 17.7 Å². The predicted molar refractivity (Wildman–Crippen MR) is 64.7 cm³/mol. The number of hydrogen-bond acceptors (Lipinski definition) is 3. The molecule has 0 saturated carbocycles. The molecule has 84 valence electrons. The van der Waals surface area contributed by atoms with Crippen molar-refractivity contribution in [3.05, 3.63) is 41.3 Å². The van der Waals surface area contributed by atoms with Crippen LogP contribution in [0.1, 0.15) is 5.56 Å². The van der Waals surface area contributed by atoms with Crippen LogP contribution >= 0.6 is 11.6 Å². The average Bonchev–Trinajstić information content (AvgIpc) is 2.64. The molecule has 0 aliphatic carbocycles. The molecule has 0 atom stereocenters. The first-order valence-electron chi connectivity index (χ1n) is 5.09. The zero-order valence-corrected chi connectivity index (χ0v) is 9.78. The van der Waals surface area contributed by atoms with Crippen molar-refractivity contribution in [1.82, 2.24) is 14.8 Å². The van der Waals surface area contributed by atoms with Gasteiger partial charge in [0.2, 0.25) is 0 Å². The summed E-state index contributed by atoms with van der Waals surface area (Å²) in [6.07, 6.45) is 3.85. The highest BCUT2D eigenvalue weighted by atomic mass is 35.5.